The van der Waals surface area contributed by atoms with Crippen LogP contribution in [-0.2, 0) is 0 Å². The van der Waals surface area contributed by atoms with Gasteiger partial charge in [-0.1, -0.05) is 26.7 Å². The van der Waals surface area contributed by atoms with E-state index in [4.69, 9.17) is 0 Å². The Bertz CT molecular complexity index is 953. The van der Waals surface area contributed by atoms with Crippen molar-refractivity contribution in [3.8, 4) is 0 Å². The molecular weight excluding hydrogens is 302 g/mol. The van der Waals surface area contributed by atoms with Crippen LogP contribution in [0.15, 0.2) is 23.1 Å². The number of rotatable bonds is 6. The molecule has 0 amide bonds. The maximum absolute atomic E-state index is 12.4. The maximum atomic E-state index is 12.4. The number of H-pyrrole nitrogens is 1. The van der Waals surface area contributed by atoms with Crippen molar-refractivity contribution in [3.05, 3.63) is 39.8 Å². The average Bonchev–Trinajstić information content (AvgIpc) is 3.01. The molecule has 0 bridgehead atoms. The molecule has 0 saturated carbocycles. The third-order valence-electron chi connectivity index (χ3n) is 4.78. The van der Waals surface area contributed by atoms with Crippen molar-refractivity contribution in [3.63, 3.8) is 0 Å². The lowest BCUT2D eigenvalue weighted by Crippen LogP contribution is -2.12. The quantitative estimate of drug-likeness (QED) is 0.693. The summed E-state index contributed by atoms with van der Waals surface area (Å²) in [6.45, 7) is 6.19. The Hall–Kier alpha value is -2.43. The molecule has 3 rings (SSSR count). The number of benzene rings is 1. The Morgan fingerprint density at radius 2 is 2.08 bits per heavy atom. The molecule has 1 N–H and O–H groups in total. The molecule has 1 unspecified atom stereocenters. The first-order chi connectivity index (χ1) is 11.6. The second-order valence-electron chi connectivity index (χ2n) is 6.38. The van der Waals surface area contributed by atoms with Gasteiger partial charge in [0.1, 0.15) is 6.29 Å². The zero-order valence-electron chi connectivity index (χ0n) is 14.4. The van der Waals surface area contributed by atoms with Gasteiger partial charge in [0.15, 0.2) is 0 Å². The fraction of sp³-hybridized carbons (Fsp3) is 0.421. The molecule has 24 heavy (non-hydrogen) atoms. The molecule has 126 valence electrons. The minimum Gasteiger partial charge on any atom is -0.321 e. The molecule has 5 nitrogen and oxygen atoms in total. The molecular formula is C19H23N3O2. The summed E-state index contributed by atoms with van der Waals surface area (Å²) in [6.07, 6.45) is 6.75. The monoisotopic (exact) mass is 325 g/mol. The van der Waals surface area contributed by atoms with E-state index in [0.717, 1.165) is 54.0 Å². The van der Waals surface area contributed by atoms with E-state index >= 15 is 0 Å². The molecule has 0 saturated heterocycles. The van der Waals surface area contributed by atoms with Gasteiger partial charge >= 0.3 is 0 Å². The van der Waals surface area contributed by atoms with Crippen molar-refractivity contribution in [2.75, 3.05) is 0 Å². The van der Waals surface area contributed by atoms with Gasteiger partial charge in [-0.05, 0) is 37.5 Å². The third-order valence-corrected chi connectivity index (χ3v) is 4.78. The lowest BCUT2D eigenvalue weighted by atomic mass is 10.0. The zero-order valence-corrected chi connectivity index (χ0v) is 14.4. The van der Waals surface area contributed by atoms with Gasteiger partial charge in [0.05, 0.1) is 28.7 Å². The smallest absolute Gasteiger partial charge is 0.259 e. The van der Waals surface area contributed by atoms with Gasteiger partial charge in [-0.3, -0.25) is 14.3 Å². The van der Waals surface area contributed by atoms with E-state index in [1.807, 2.05) is 23.7 Å². The molecule has 1 aromatic carbocycles. The lowest BCUT2D eigenvalue weighted by Gasteiger charge is -2.17. The van der Waals surface area contributed by atoms with Crippen molar-refractivity contribution in [1.29, 1.82) is 0 Å². The highest BCUT2D eigenvalue weighted by molar-refractivity contribution is 6.05. The minimum atomic E-state index is -0.132. The van der Waals surface area contributed by atoms with Crippen molar-refractivity contribution in [2.45, 2.75) is 52.5 Å². The highest BCUT2D eigenvalue weighted by atomic mass is 16.1. The van der Waals surface area contributed by atoms with Crippen LogP contribution in [-0.4, -0.2) is 21.1 Å². The number of unbranched alkanes of at least 4 members (excludes halogenated alkanes) is 1. The second-order valence-corrected chi connectivity index (χ2v) is 6.38. The van der Waals surface area contributed by atoms with Crippen LogP contribution in [0.4, 0.5) is 0 Å². The van der Waals surface area contributed by atoms with Gasteiger partial charge in [-0.15, -0.1) is 0 Å². The van der Waals surface area contributed by atoms with Gasteiger partial charge in [0, 0.05) is 10.9 Å². The van der Waals surface area contributed by atoms with Gasteiger partial charge in [0.25, 0.3) is 5.56 Å². The van der Waals surface area contributed by atoms with Crippen LogP contribution in [0.1, 0.15) is 61.5 Å². The summed E-state index contributed by atoms with van der Waals surface area (Å²) in [5.41, 5.74) is 2.96. The van der Waals surface area contributed by atoms with E-state index in [9.17, 15) is 9.59 Å². The van der Waals surface area contributed by atoms with Crippen LogP contribution >= 0.6 is 0 Å². The van der Waals surface area contributed by atoms with E-state index in [2.05, 4.69) is 23.9 Å². The number of carbonyl (C=O) groups excluding carboxylic acids is 1. The minimum absolute atomic E-state index is 0.132. The van der Waals surface area contributed by atoms with Crippen molar-refractivity contribution in [2.24, 2.45) is 0 Å². The van der Waals surface area contributed by atoms with Gasteiger partial charge in [0.2, 0.25) is 0 Å². The topological polar surface area (TPSA) is 67.8 Å². The number of nitrogens with one attached hydrogen (secondary N) is 1. The van der Waals surface area contributed by atoms with E-state index in [1.54, 1.807) is 6.20 Å². The summed E-state index contributed by atoms with van der Waals surface area (Å²) in [7, 11) is 0. The number of carbonyl (C=O) groups is 1. The van der Waals surface area contributed by atoms with Crippen LogP contribution < -0.4 is 5.56 Å². The van der Waals surface area contributed by atoms with Crippen LogP contribution in [0, 0.1) is 6.92 Å². The number of hydrogen-bond donors (Lipinski definition) is 1. The molecule has 0 aliphatic carbocycles. The zero-order chi connectivity index (χ0) is 17.3. The Kier molecular flexibility index (Phi) is 4.51. The standard InChI is InChI=1S/C19H23N3O2/c1-4-6-7-14(5-2)22-18-15-9-13(11-23)12(3)8-17(15)21-19(24)16(18)10-20-22/h8-11,14H,4-7H2,1-3H3,(H,21,24). The largest absolute Gasteiger partial charge is 0.321 e. The number of nitrogens with zero attached hydrogens (tertiary/aromatic N) is 2. The second kappa shape index (κ2) is 6.59. The van der Waals surface area contributed by atoms with Gasteiger partial charge in [-0.25, -0.2) is 0 Å². The van der Waals surface area contributed by atoms with Crippen LogP contribution in [0.5, 0.6) is 0 Å². The first kappa shape index (κ1) is 16.4. The van der Waals surface area contributed by atoms with Crippen LogP contribution in [0.25, 0.3) is 21.8 Å². The predicted octanol–water partition coefficient (Wildman–Crippen LogP) is 4.14. The fourth-order valence-corrected chi connectivity index (χ4v) is 3.35. The summed E-state index contributed by atoms with van der Waals surface area (Å²) in [4.78, 5) is 26.7. The number of pyridine rings is 1. The number of aromatic amines is 1. The molecule has 0 aliphatic heterocycles. The van der Waals surface area contributed by atoms with Crippen LogP contribution in [0.2, 0.25) is 0 Å². The molecule has 0 aliphatic rings. The Balaban J connectivity index is 2.33. The van der Waals surface area contributed by atoms with Crippen molar-refractivity contribution in [1.82, 2.24) is 14.8 Å². The maximum Gasteiger partial charge on any atom is 0.259 e. The number of aromatic nitrogens is 3. The summed E-state index contributed by atoms with van der Waals surface area (Å²) in [5.74, 6) is 0. The normalized spacial score (nSPS) is 12.8. The van der Waals surface area contributed by atoms with E-state index in [-0.39, 0.29) is 11.6 Å². The van der Waals surface area contributed by atoms with Gasteiger partial charge in [-0.2, -0.15) is 5.10 Å². The Morgan fingerprint density at radius 1 is 1.29 bits per heavy atom. The van der Waals surface area contributed by atoms with E-state index < -0.39 is 0 Å². The first-order valence-electron chi connectivity index (χ1n) is 8.59. The lowest BCUT2D eigenvalue weighted by molar-refractivity contribution is 0.112. The third kappa shape index (κ3) is 2.64. The molecule has 0 spiro atoms. The average molecular weight is 325 g/mol. The number of aldehydes is 1. The van der Waals surface area contributed by atoms with Gasteiger partial charge < -0.3 is 4.98 Å². The Morgan fingerprint density at radius 3 is 2.75 bits per heavy atom. The van der Waals surface area contributed by atoms with E-state index in [0.29, 0.717) is 10.9 Å². The summed E-state index contributed by atoms with van der Waals surface area (Å²) >= 11 is 0. The highest BCUT2D eigenvalue weighted by Gasteiger charge is 2.17. The molecule has 3 aromatic rings. The number of aryl methyl sites for hydroxylation is 1. The molecule has 2 heterocycles. The molecule has 2 aromatic heterocycles. The SMILES string of the molecule is CCCCC(CC)n1ncc2c(=O)[nH]c3cc(C)c(C=O)cc3c21. The molecule has 0 fully saturated rings. The molecule has 5 heteroatoms. The summed E-state index contributed by atoms with van der Waals surface area (Å²) in [6, 6.07) is 3.98. The molecule has 1 atom stereocenters. The first-order valence-corrected chi connectivity index (χ1v) is 8.59. The summed E-state index contributed by atoms with van der Waals surface area (Å²) < 4.78 is 1.98. The fourth-order valence-electron chi connectivity index (χ4n) is 3.35. The Labute approximate surface area is 140 Å². The van der Waals surface area contributed by atoms with Crippen molar-refractivity contribution < 1.29 is 4.79 Å². The van der Waals surface area contributed by atoms with E-state index in [1.165, 1.54) is 0 Å². The molecule has 0 radical (unpaired) electrons. The number of fused-ring (bicyclic) bond motifs is 3. The number of hydrogen-bond acceptors (Lipinski definition) is 3. The van der Waals surface area contributed by atoms with Crippen molar-refractivity contribution >= 4 is 28.1 Å². The highest BCUT2D eigenvalue weighted by Crippen LogP contribution is 2.28. The van der Waals surface area contributed by atoms with Crippen LogP contribution in [0.3, 0.4) is 0 Å². The summed E-state index contributed by atoms with van der Waals surface area (Å²) in [5, 5.41) is 5.98. The predicted molar refractivity (Wildman–Crippen MR) is 96.8 cm³/mol.